The van der Waals surface area contributed by atoms with Crippen LogP contribution in [0.5, 0.6) is 0 Å². The Balaban J connectivity index is 2.02. The van der Waals surface area contributed by atoms with Gasteiger partial charge in [0.25, 0.3) is 5.91 Å². The van der Waals surface area contributed by atoms with E-state index in [9.17, 15) is 67.7 Å². The summed E-state index contributed by atoms with van der Waals surface area (Å²) in [6.07, 6.45) is 3.91. The van der Waals surface area contributed by atoms with Gasteiger partial charge in [-0.3, -0.25) is 57.5 Å². The molecule has 31 heteroatoms. The fourth-order valence-corrected chi connectivity index (χ4v) is 10.5. The number of rotatable bonds is 34. The Labute approximate surface area is 562 Å². The molecule has 1 saturated heterocycles. The van der Waals surface area contributed by atoms with Crippen LogP contribution < -0.4 is 92.5 Å². The molecule has 0 radical (unpaired) electrons. The normalized spacial score (nSPS) is 22.2. The van der Waals surface area contributed by atoms with Gasteiger partial charge in [0, 0.05) is 25.8 Å². The highest BCUT2D eigenvalue weighted by molar-refractivity contribution is 6.00. The number of hydrogen-bond donors (Lipinski definition) is 19. The van der Waals surface area contributed by atoms with E-state index in [1.807, 2.05) is 0 Å². The van der Waals surface area contributed by atoms with E-state index in [0.29, 0.717) is 24.0 Å². The summed E-state index contributed by atoms with van der Waals surface area (Å²) < 4.78 is 0. The van der Waals surface area contributed by atoms with Gasteiger partial charge >= 0.3 is 0 Å². The van der Waals surface area contributed by atoms with Crippen molar-refractivity contribution < 1.29 is 67.7 Å². The summed E-state index contributed by atoms with van der Waals surface area (Å²) in [5.41, 5.74) is 28.1. The van der Waals surface area contributed by atoms with Crippen LogP contribution in [0.3, 0.4) is 0 Å². The van der Waals surface area contributed by atoms with E-state index in [1.54, 1.807) is 74.5 Å². The molecule has 12 amide bonds. The molecule has 1 heterocycles. The number of amides is 12. The molecule has 0 aliphatic carbocycles. The summed E-state index contributed by atoms with van der Waals surface area (Å²) in [5, 5.41) is 52.8. The fourth-order valence-electron chi connectivity index (χ4n) is 10.5. The summed E-state index contributed by atoms with van der Waals surface area (Å²) in [7, 11) is 0. The molecule has 24 N–H and O–H groups in total. The number of nitrogens with one attached hydrogen (secondary N) is 12. The Morgan fingerprint density at radius 1 is 0.552 bits per heavy atom. The van der Waals surface area contributed by atoms with Gasteiger partial charge in [0.15, 0.2) is 0 Å². The third-order valence-corrected chi connectivity index (χ3v) is 16.3. The van der Waals surface area contributed by atoms with Crippen LogP contribution >= 0.6 is 0 Å². The van der Waals surface area contributed by atoms with Crippen molar-refractivity contribution in [3.05, 3.63) is 71.8 Å². The average Bonchev–Trinajstić information content (AvgIpc) is 0.950. The third kappa shape index (κ3) is 28.6. The lowest BCUT2D eigenvalue weighted by Crippen LogP contribution is -2.63. The summed E-state index contributed by atoms with van der Waals surface area (Å²) in [5.74, 6) is -11.8. The highest BCUT2D eigenvalue weighted by atomic mass is 16.3. The molecule has 1 fully saturated rings. The molecule has 31 nitrogen and oxygen atoms in total. The monoisotopic (exact) mass is 1350 g/mol. The first-order chi connectivity index (χ1) is 45.8. The largest absolute Gasteiger partial charge is 0.391 e. The van der Waals surface area contributed by atoms with Gasteiger partial charge in [0.1, 0.15) is 60.4 Å². The van der Waals surface area contributed by atoms with Crippen molar-refractivity contribution in [2.75, 3.05) is 39.3 Å². The van der Waals surface area contributed by atoms with Crippen LogP contribution in [0.4, 0.5) is 0 Å². The molecule has 1 aliphatic rings. The molecular formula is C65H107N17O14. The minimum absolute atomic E-state index is 0.0620. The Bertz CT molecular complexity index is 2820. The minimum Gasteiger partial charge on any atom is -0.391 e. The Morgan fingerprint density at radius 2 is 1.03 bits per heavy atom. The standard InChI is InChI=1S/C65H107N17O14/c1-6-8-9-10-11-12-19-24-51(84)72-49(37-41-20-15-13-16-21-41)59(90)74-46(28-34-69)58(89)81-53(40(4)83)63(94)78-45(27-33-68)55(86)76-48-30-36-71-64(95)65(5,96)82-61(92)47(29-35-70)75-54(85)44(26-32-67)77-62(93)52(39(3)7-2)80-60(91)50(38-42-22-17-14-18-23-42)79-56(87)43(25-31-66)73-57(48)88/h13-18,20-23,39-40,43-50,52-53,83,96H,6-12,19,24-38,66-70H2,1-5H3,(H,71,95)(H,72,84)(H,73,88)(H,74,90)(H,75,85)(H,76,86)(H,77,93)(H,78,94)(H,79,87)(H,80,91)(H,81,89)(H,82,92)/t39-,40+,43-,44-,45-,46-,47-,48-,49-,50+,52-,53-,65-/m0/s1. The van der Waals surface area contributed by atoms with Gasteiger partial charge in [-0.05, 0) is 109 Å². The molecule has 0 unspecified atom stereocenters. The molecule has 0 bridgehead atoms. The van der Waals surface area contributed by atoms with Crippen LogP contribution in [0, 0.1) is 5.92 Å². The maximum absolute atomic E-state index is 14.6. The van der Waals surface area contributed by atoms with Crippen molar-refractivity contribution in [3.8, 4) is 0 Å². The molecule has 1 aliphatic heterocycles. The Morgan fingerprint density at radius 3 is 1.57 bits per heavy atom. The second kappa shape index (κ2) is 43.8. The molecule has 2 aromatic carbocycles. The van der Waals surface area contributed by atoms with Crippen LogP contribution in [0.1, 0.15) is 142 Å². The molecule has 96 heavy (non-hydrogen) atoms. The van der Waals surface area contributed by atoms with Crippen LogP contribution in [-0.2, 0) is 70.4 Å². The zero-order valence-corrected chi connectivity index (χ0v) is 56.1. The van der Waals surface area contributed by atoms with Crippen LogP contribution in [0.2, 0.25) is 0 Å². The maximum atomic E-state index is 14.6. The first-order valence-electron chi connectivity index (χ1n) is 33.4. The number of aliphatic hydroxyl groups is 2. The summed E-state index contributed by atoms with van der Waals surface area (Å²) in [4.78, 5) is 169. The number of carbonyl (C=O) groups is 12. The van der Waals surface area contributed by atoms with E-state index in [0.717, 1.165) is 45.4 Å². The first kappa shape index (κ1) is 82.0. The topological polar surface area (TPSA) is 520 Å². The van der Waals surface area contributed by atoms with Crippen molar-refractivity contribution in [1.29, 1.82) is 0 Å². The van der Waals surface area contributed by atoms with Crippen LogP contribution in [0.25, 0.3) is 0 Å². The Kier molecular flexibility index (Phi) is 37.4. The maximum Gasteiger partial charge on any atom is 0.272 e. The Hall–Kier alpha value is -8.20. The van der Waals surface area contributed by atoms with Crippen molar-refractivity contribution in [2.45, 2.75) is 216 Å². The lowest BCUT2D eigenvalue weighted by Gasteiger charge is -2.30. The van der Waals surface area contributed by atoms with Gasteiger partial charge in [0.2, 0.25) is 70.7 Å². The van der Waals surface area contributed by atoms with Gasteiger partial charge < -0.3 is 103 Å². The van der Waals surface area contributed by atoms with Crippen LogP contribution in [-0.4, -0.2) is 193 Å². The molecule has 536 valence electrons. The number of nitrogens with two attached hydrogens (primary N) is 5. The summed E-state index contributed by atoms with van der Waals surface area (Å²) >= 11 is 0. The van der Waals surface area contributed by atoms with E-state index in [2.05, 4.69) is 70.7 Å². The van der Waals surface area contributed by atoms with Gasteiger partial charge in [-0.25, -0.2) is 0 Å². The van der Waals surface area contributed by atoms with E-state index < -0.39 is 156 Å². The molecule has 2 aromatic rings. The zero-order chi connectivity index (χ0) is 71.3. The highest BCUT2D eigenvalue weighted by Crippen LogP contribution is 2.15. The molecule has 0 spiro atoms. The fraction of sp³-hybridized carbons (Fsp3) is 0.631. The molecule has 3 rings (SSSR count). The van der Waals surface area contributed by atoms with Crippen LogP contribution in [0.15, 0.2) is 60.7 Å². The van der Waals surface area contributed by atoms with Crippen molar-refractivity contribution >= 4 is 70.9 Å². The van der Waals surface area contributed by atoms with E-state index in [4.69, 9.17) is 28.7 Å². The predicted molar refractivity (Wildman–Crippen MR) is 358 cm³/mol. The van der Waals surface area contributed by atoms with Gasteiger partial charge in [-0.15, -0.1) is 0 Å². The van der Waals surface area contributed by atoms with E-state index in [-0.39, 0.29) is 90.0 Å². The molecule has 0 saturated carbocycles. The number of hydrogen-bond acceptors (Lipinski definition) is 19. The van der Waals surface area contributed by atoms with Gasteiger partial charge in [0.05, 0.1) is 6.10 Å². The van der Waals surface area contributed by atoms with Crippen molar-refractivity contribution in [2.24, 2.45) is 34.6 Å². The third-order valence-electron chi connectivity index (χ3n) is 16.3. The smallest absolute Gasteiger partial charge is 0.272 e. The first-order valence-corrected chi connectivity index (χ1v) is 33.4. The number of benzene rings is 2. The van der Waals surface area contributed by atoms with Crippen molar-refractivity contribution in [3.63, 3.8) is 0 Å². The number of aliphatic hydroxyl groups excluding tert-OH is 1. The number of carbonyl (C=O) groups excluding carboxylic acids is 12. The highest BCUT2D eigenvalue weighted by Gasteiger charge is 2.40. The molecule has 13 atom stereocenters. The van der Waals surface area contributed by atoms with Gasteiger partial charge in [-0.1, -0.05) is 126 Å². The SMILES string of the molecule is CCCCCCCCCC(=O)N[C@@H](Cc1ccccc1)C(=O)N[C@@H](CCN)C(=O)N[C@H](C(=O)N[C@@H](CCN)C(=O)N[C@H]1CCNC(=O)[C@](C)(O)NC(=O)[C@H](CCN)NC(=O)[C@H](CCN)NC(=O)[C@H]([C@@H](C)CC)NC(=O)[C@@H](Cc2ccccc2)NC(=O)[C@H](CCN)NC1=O)[C@@H](C)O. The lowest BCUT2D eigenvalue weighted by molar-refractivity contribution is -0.148. The summed E-state index contributed by atoms with van der Waals surface area (Å²) in [6.45, 7) is 6.14. The lowest BCUT2D eigenvalue weighted by atomic mass is 9.96. The second-order valence-electron chi connectivity index (χ2n) is 24.4. The quantitative estimate of drug-likeness (QED) is 0.0297. The van der Waals surface area contributed by atoms with Gasteiger partial charge in [-0.2, -0.15) is 0 Å². The average molecular weight is 1350 g/mol. The minimum atomic E-state index is -2.73. The zero-order valence-electron chi connectivity index (χ0n) is 56.1. The van der Waals surface area contributed by atoms with Crippen molar-refractivity contribution in [1.82, 2.24) is 63.8 Å². The molecular weight excluding hydrogens is 1240 g/mol. The molecule has 0 aromatic heterocycles. The second-order valence-corrected chi connectivity index (χ2v) is 24.4. The van der Waals surface area contributed by atoms with E-state index in [1.165, 1.54) is 6.92 Å². The summed E-state index contributed by atoms with van der Waals surface area (Å²) in [6, 6.07) is 2.48. The van der Waals surface area contributed by atoms with E-state index >= 15 is 0 Å². The predicted octanol–water partition coefficient (Wildman–Crippen LogP) is -4.02. The number of unbranched alkanes of at least 4 members (excludes halogenated alkanes) is 6.